The third kappa shape index (κ3) is 10.2. The number of hydrogen-bond donors (Lipinski definition) is 3. The smallest absolute Gasteiger partial charge is 0.406 e. The lowest BCUT2D eigenvalue weighted by Gasteiger charge is -2.21. The molecule has 3 aromatic carbocycles. The van der Waals surface area contributed by atoms with Crippen molar-refractivity contribution in [2.75, 3.05) is 21.3 Å². The Bertz CT molecular complexity index is 1620. The summed E-state index contributed by atoms with van der Waals surface area (Å²) in [7, 11) is 0. The Kier molecular flexibility index (Phi) is 10.6. The van der Waals surface area contributed by atoms with Gasteiger partial charge in [-0.1, -0.05) is 35.5 Å². The second-order valence-corrected chi connectivity index (χ2v) is 10.9. The molecule has 3 N–H and O–H groups in total. The van der Waals surface area contributed by atoms with Crippen molar-refractivity contribution in [3.05, 3.63) is 77.3 Å². The van der Waals surface area contributed by atoms with E-state index in [4.69, 9.17) is 11.6 Å². The highest BCUT2D eigenvalue weighted by atomic mass is 35.5. The number of aliphatic imine (C=N–C) groups is 1. The lowest BCUT2D eigenvalue weighted by molar-refractivity contribution is -0.275. The molecule has 4 rings (SSSR count). The molecule has 0 saturated carbocycles. The molecular formula is C28H22ClF6N5O5S. The van der Waals surface area contributed by atoms with Gasteiger partial charge in [0.2, 0.25) is 5.91 Å². The standard InChI is InChI=1S/C28H22ClF6N5O5S/c1-15(12-16-2-5-18(6-3-16)37-25(43)38-19-7-9-20(10-8-19)44-27(30,31)32)36-24(42)39-26-40(23(41)14-46-26)21-13-17(29)4-11-22(21)45-28(33,34)35/h2-11,13,15H,12,14H2,1H3,(H,36,42)(H2,37,38,43). The average molecular weight is 690 g/mol. The molecule has 18 heteroatoms. The normalized spacial score (nSPS) is 15.0. The van der Waals surface area contributed by atoms with Crippen molar-refractivity contribution >= 4 is 63.6 Å². The largest absolute Gasteiger partial charge is 0.573 e. The first-order valence-electron chi connectivity index (χ1n) is 13.0. The second-order valence-electron chi connectivity index (χ2n) is 9.47. The van der Waals surface area contributed by atoms with Crippen molar-refractivity contribution in [3.63, 3.8) is 0 Å². The highest BCUT2D eigenvalue weighted by Gasteiger charge is 2.37. The van der Waals surface area contributed by atoms with Crippen LogP contribution in [0.1, 0.15) is 12.5 Å². The predicted octanol–water partition coefficient (Wildman–Crippen LogP) is 7.56. The van der Waals surface area contributed by atoms with E-state index in [-0.39, 0.29) is 27.3 Å². The molecular weight excluding hydrogens is 668 g/mol. The lowest BCUT2D eigenvalue weighted by Crippen LogP contribution is -2.35. The molecule has 0 radical (unpaired) electrons. The van der Waals surface area contributed by atoms with Crippen molar-refractivity contribution in [2.45, 2.75) is 32.1 Å². The Morgan fingerprint density at radius 1 is 0.935 bits per heavy atom. The Morgan fingerprint density at radius 2 is 1.52 bits per heavy atom. The van der Waals surface area contributed by atoms with Crippen LogP contribution in [0.5, 0.6) is 11.5 Å². The SMILES string of the molecule is CC(Cc1ccc(NC(=O)Nc2ccc(OC(F)(F)F)cc2)cc1)NC(=O)N=C1SCC(=O)N1c1cc(Cl)ccc1OC(F)(F)F. The van der Waals surface area contributed by atoms with E-state index in [0.717, 1.165) is 52.6 Å². The van der Waals surface area contributed by atoms with Gasteiger partial charge < -0.3 is 25.4 Å². The summed E-state index contributed by atoms with van der Waals surface area (Å²) in [4.78, 5) is 42.2. The van der Waals surface area contributed by atoms with Crippen molar-refractivity contribution in [1.29, 1.82) is 0 Å². The maximum Gasteiger partial charge on any atom is 0.573 e. The summed E-state index contributed by atoms with van der Waals surface area (Å²) < 4.78 is 83.5. The first kappa shape index (κ1) is 34.2. The molecule has 0 bridgehead atoms. The van der Waals surface area contributed by atoms with Crippen molar-refractivity contribution in [3.8, 4) is 11.5 Å². The summed E-state index contributed by atoms with van der Waals surface area (Å²) in [6, 6.07) is 12.4. The highest BCUT2D eigenvalue weighted by molar-refractivity contribution is 8.15. The molecule has 0 aliphatic carbocycles. The van der Waals surface area contributed by atoms with Gasteiger partial charge in [0.05, 0.1) is 11.4 Å². The number of rotatable bonds is 8. The number of nitrogens with one attached hydrogen (secondary N) is 3. The third-order valence-corrected chi connectivity index (χ3v) is 6.98. The van der Waals surface area contributed by atoms with Crippen molar-refractivity contribution < 1.29 is 50.2 Å². The fourth-order valence-electron chi connectivity index (χ4n) is 4.05. The van der Waals surface area contributed by atoms with Crippen LogP contribution >= 0.6 is 23.4 Å². The first-order chi connectivity index (χ1) is 21.5. The lowest BCUT2D eigenvalue weighted by atomic mass is 10.1. The third-order valence-electron chi connectivity index (χ3n) is 5.82. The zero-order valence-corrected chi connectivity index (χ0v) is 24.9. The molecule has 46 heavy (non-hydrogen) atoms. The van der Waals surface area contributed by atoms with Gasteiger partial charge in [0.1, 0.15) is 5.75 Å². The number of ether oxygens (including phenoxy) is 2. The molecule has 1 heterocycles. The molecule has 10 nitrogen and oxygen atoms in total. The zero-order chi connectivity index (χ0) is 33.6. The van der Waals surface area contributed by atoms with E-state index in [1.165, 1.54) is 12.1 Å². The van der Waals surface area contributed by atoms with E-state index in [1.54, 1.807) is 31.2 Å². The van der Waals surface area contributed by atoms with E-state index in [2.05, 4.69) is 30.4 Å². The summed E-state index contributed by atoms with van der Waals surface area (Å²) in [5.74, 6) is -1.94. The number of hydrogen-bond acceptors (Lipinski definition) is 6. The van der Waals surface area contributed by atoms with Crippen LogP contribution in [0.4, 0.5) is 53.0 Å². The van der Waals surface area contributed by atoms with E-state index in [0.29, 0.717) is 12.1 Å². The number of amidine groups is 1. The minimum atomic E-state index is -5.04. The fraction of sp³-hybridized carbons (Fsp3) is 0.214. The van der Waals surface area contributed by atoms with Gasteiger partial charge >= 0.3 is 24.8 Å². The van der Waals surface area contributed by atoms with Gasteiger partial charge in [-0.2, -0.15) is 4.99 Å². The van der Waals surface area contributed by atoms with Gasteiger partial charge in [-0.25, -0.2) is 9.59 Å². The van der Waals surface area contributed by atoms with E-state index >= 15 is 0 Å². The summed E-state index contributed by atoms with van der Waals surface area (Å²) in [6.07, 6.45) is -9.56. The van der Waals surface area contributed by atoms with Crippen molar-refractivity contribution in [2.24, 2.45) is 4.99 Å². The molecule has 1 unspecified atom stereocenters. The molecule has 1 saturated heterocycles. The maximum absolute atomic E-state index is 12.9. The molecule has 0 aromatic heterocycles. The van der Waals surface area contributed by atoms with Gasteiger partial charge in [0, 0.05) is 22.4 Å². The number of urea groups is 2. The fourth-order valence-corrected chi connectivity index (χ4v) is 5.07. The van der Waals surface area contributed by atoms with Crippen LogP contribution in [-0.4, -0.2) is 47.7 Å². The van der Waals surface area contributed by atoms with Crippen LogP contribution in [0, 0.1) is 0 Å². The van der Waals surface area contributed by atoms with E-state index in [1.807, 2.05) is 0 Å². The average Bonchev–Trinajstić information content (AvgIpc) is 3.29. The predicted molar refractivity (Wildman–Crippen MR) is 159 cm³/mol. The van der Waals surface area contributed by atoms with E-state index in [9.17, 15) is 40.7 Å². The summed E-state index contributed by atoms with van der Waals surface area (Å²) in [5.41, 5.74) is 1.06. The number of benzene rings is 3. The number of halogens is 7. The van der Waals surface area contributed by atoms with Gasteiger partial charge in [0.15, 0.2) is 10.9 Å². The topological polar surface area (TPSA) is 121 Å². The van der Waals surface area contributed by atoms with Crippen LogP contribution in [0.3, 0.4) is 0 Å². The van der Waals surface area contributed by atoms with Gasteiger partial charge in [-0.3, -0.25) is 9.69 Å². The summed E-state index contributed by atoms with van der Waals surface area (Å²) >= 11 is 6.80. The van der Waals surface area contributed by atoms with Gasteiger partial charge in [-0.05, 0) is 73.5 Å². The minimum absolute atomic E-state index is 0.0293. The quantitative estimate of drug-likeness (QED) is 0.210. The maximum atomic E-state index is 12.9. The van der Waals surface area contributed by atoms with Crippen LogP contribution < -0.4 is 30.3 Å². The Balaban J connectivity index is 1.32. The van der Waals surface area contributed by atoms with E-state index < -0.39 is 48.2 Å². The van der Waals surface area contributed by atoms with Crippen LogP contribution in [0.15, 0.2) is 71.7 Å². The van der Waals surface area contributed by atoms with Crippen molar-refractivity contribution in [1.82, 2.24) is 5.32 Å². The molecule has 3 aromatic rings. The number of amides is 5. The molecule has 1 atom stereocenters. The highest BCUT2D eigenvalue weighted by Crippen LogP contribution is 2.38. The number of nitrogens with zero attached hydrogens (tertiary/aromatic N) is 2. The van der Waals surface area contributed by atoms with Crippen LogP contribution in [0.25, 0.3) is 0 Å². The van der Waals surface area contributed by atoms with Crippen LogP contribution in [-0.2, 0) is 11.2 Å². The molecule has 1 aliphatic heterocycles. The Hall–Kier alpha value is -4.64. The zero-order valence-electron chi connectivity index (χ0n) is 23.3. The molecule has 5 amide bonds. The molecule has 0 spiro atoms. The van der Waals surface area contributed by atoms with Crippen LogP contribution in [0.2, 0.25) is 5.02 Å². The molecule has 244 valence electrons. The second kappa shape index (κ2) is 14.2. The number of anilines is 3. The number of carbonyl (C=O) groups excluding carboxylic acids is 3. The number of alkyl halides is 6. The summed E-state index contributed by atoms with van der Waals surface area (Å²) in [6.45, 7) is 1.68. The monoisotopic (exact) mass is 689 g/mol. The molecule has 1 aliphatic rings. The molecule has 1 fully saturated rings. The minimum Gasteiger partial charge on any atom is -0.406 e. The Morgan fingerprint density at radius 3 is 2.11 bits per heavy atom. The first-order valence-corrected chi connectivity index (χ1v) is 14.3. The van der Waals surface area contributed by atoms with Gasteiger partial charge in [0.25, 0.3) is 0 Å². The Labute approximate surface area is 266 Å². The summed E-state index contributed by atoms with van der Waals surface area (Å²) in [5, 5.41) is 7.54. The van der Waals surface area contributed by atoms with Gasteiger partial charge in [-0.15, -0.1) is 26.3 Å². The number of carbonyl (C=O) groups is 3. The number of thioether (sulfide) groups is 1.